The van der Waals surface area contributed by atoms with Crippen molar-refractivity contribution in [2.45, 2.75) is 0 Å². The van der Waals surface area contributed by atoms with E-state index in [2.05, 4.69) is 5.10 Å². The summed E-state index contributed by atoms with van der Waals surface area (Å²) in [6.07, 6.45) is 0.938. The van der Waals surface area contributed by atoms with Crippen LogP contribution in [0.25, 0.3) is 5.69 Å². The maximum absolute atomic E-state index is 10.9. The molecule has 0 atom stereocenters. The molecular weight excluding hydrogens is 288 g/mol. The highest BCUT2D eigenvalue weighted by molar-refractivity contribution is 6.30. The monoisotopic (exact) mass is 292 g/mol. The van der Waals surface area contributed by atoms with Gasteiger partial charge in [-0.1, -0.05) is 11.6 Å². The van der Waals surface area contributed by atoms with Crippen molar-refractivity contribution in [1.82, 2.24) is 9.78 Å². The SMILES string of the molecule is N#Cc1cc(Cl)ccc1-n1cc([N+](=O)[O-])c(C(=O)O)n1. The first-order valence-corrected chi connectivity index (χ1v) is 5.49. The van der Waals surface area contributed by atoms with Gasteiger partial charge in [0.1, 0.15) is 12.3 Å². The summed E-state index contributed by atoms with van der Waals surface area (Å²) in [4.78, 5) is 20.8. The molecule has 20 heavy (non-hydrogen) atoms. The van der Waals surface area contributed by atoms with Crippen LogP contribution < -0.4 is 0 Å². The molecule has 0 aliphatic rings. The molecule has 0 spiro atoms. The summed E-state index contributed by atoms with van der Waals surface area (Å²) in [6, 6.07) is 6.10. The Morgan fingerprint density at radius 2 is 2.25 bits per heavy atom. The number of hydrogen-bond donors (Lipinski definition) is 1. The Balaban J connectivity index is 2.66. The lowest BCUT2D eigenvalue weighted by molar-refractivity contribution is -0.385. The number of nitrogens with zero attached hydrogens (tertiary/aromatic N) is 4. The smallest absolute Gasteiger partial charge is 0.363 e. The highest BCUT2D eigenvalue weighted by atomic mass is 35.5. The maximum Gasteiger partial charge on any atom is 0.363 e. The molecule has 0 bridgehead atoms. The Morgan fingerprint density at radius 3 is 2.75 bits per heavy atom. The van der Waals surface area contributed by atoms with E-state index in [0.717, 1.165) is 10.9 Å². The van der Waals surface area contributed by atoms with Gasteiger partial charge in [0.05, 0.1) is 16.2 Å². The second kappa shape index (κ2) is 4.99. The van der Waals surface area contributed by atoms with Crippen molar-refractivity contribution in [2.75, 3.05) is 0 Å². The van der Waals surface area contributed by atoms with Crippen LogP contribution in [0.3, 0.4) is 0 Å². The first kappa shape index (κ1) is 13.5. The average Bonchev–Trinajstić information content (AvgIpc) is 2.83. The van der Waals surface area contributed by atoms with Gasteiger partial charge in [0.15, 0.2) is 0 Å². The fourth-order valence-electron chi connectivity index (χ4n) is 1.57. The molecule has 100 valence electrons. The van der Waals surface area contributed by atoms with E-state index in [1.54, 1.807) is 0 Å². The lowest BCUT2D eigenvalue weighted by Gasteiger charge is -2.03. The van der Waals surface area contributed by atoms with Crippen LogP contribution in [-0.4, -0.2) is 25.8 Å². The second-order valence-electron chi connectivity index (χ2n) is 3.64. The summed E-state index contributed by atoms with van der Waals surface area (Å²) in [5.74, 6) is -1.53. The van der Waals surface area contributed by atoms with Gasteiger partial charge >= 0.3 is 11.7 Å². The molecule has 9 heteroatoms. The van der Waals surface area contributed by atoms with Crippen LogP contribution in [0, 0.1) is 21.4 Å². The summed E-state index contributed by atoms with van der Waals surface area (Å²) in [5, 5.41) is 32.6. The van der Waals surface area contributed by atoms with Crippen LogP contribution in [0.2, 0.25) is 5.02 Å². The number of halogens is 1. The van der Waals surface area contributed by atoms with Gasteiger partial charge in [0, 0.05) is 5.02 Å². The molecular formula is C11H5ClN4O4. The number of nitriles is 1. The van der Waals surface area contributed by atoms with E-state index in [4.69, 9.17) is 22.0 Å². The number of carbonyl (C=O) groups is 1. The summed E-state index contributed by atoms with van der Waals surface area (Å²) in [5.41, 5.74) is -1.04. The van der Waals surface area contributed by atoms with Gasteiger partial charge in [0.25, 0.3) is 0 Å². The standard InChI is InChI=1S/C11H5ClN4O4/c12-7-1-2-8(6(3-7)4-13)15-5-9(16(19)20)10(14-15)11(17)18/h1-3,5H,(H,17,18). The summed E-state index contributed by atoms with van der Waals surface area (Å²) < 4.78 is 0.969. The minimum Gasteiger partial charge on any atom is -0.476 e. The number of aromatic carboxylic acids is 1. The van der Waals surface area contributed by atoms with E-state index in [1.807, 2.05) is 6.07 Å². The normalized spacial score (nSPS) is 10.0. The van der Waals surface area contributed by atoms with Crippen LogP contribution in [0.15, 0.2) is 24.4 Å². The molecule has 8 nitrogen and oxygen atoms in total. The van der Waals surface area contributed by atoms with Crippen molar-refractivity contribution < 1.29 is 14.8 Å². The largest absolute Gasteiger partial charge is 0.476 e. The third-order valence-electron chi connectivity index (χ3n) is 2.42. The Morgan fingerprint density at radius 1 is 1.55 bits per heavy atom. The van der Waals surface area contributed by atoms with Crippen LogP contribution in [-0.2, 0) is 0 Å². The highest BCUT2D eigenvalue weighted by Gasteiger charge is 2.26. The summed E-state index contributed by atoms with van der Waals surface area (Å²) in [7, 11) is 0. The van der Waals surface area contributed by atoms with Crippen molar-refractivity contribution in [3.63, 3.8) is 0 Å². The number of carboxylic acid groups (broad SMARTS) is 1. The number of nitro groups is 1. The molecule has 0 aliphatic heterocycles. The van der Waals surface area contributed by atoms with Crippen molar-refractivity contribution in [1.29, 1.82) is 5.26 Å². The van der Waals surface area contributed by atoms with E-state index >= 15 is 0 Å². The van der Waals surface area contributed by atoms with Crippen molar-refractivity contribution >= 4 is 23.3 Å². The first-order valence-electron chi connectivity index (χ1n) is 5.11. The quantitative estimate of drug-likeness (QED) is 0.682. The second-order valence-corrected chi connectivity index (χ2v) is 4.08. The average molecular weight is 293 g/mol. The Hall–Kier alpha value is -2.92. The van der Waals surface area contributed by atoms with Crippen LogP contribution in [0.5, 0.6) is 0 Å². The molecule has 0 saturated carbocycles. The molecule has 1 heterocycles. The molecule has 1 aromatic heterocycles. The van der Waals surface area contributed by atoms with E-state index in [1.165, 1.54) is 18.2 Å². The van der Waals surface area contributed by atoms with Gasteiger partial charge in [-0.3, -0.25) is 10.1 Å². The molecule has 0 unspecified atom stereocenters. The third-order valence-corrected chi connectivity index (χ3v) is 2.66. The fourth-order valence-corrected chi connectivity index (χ4v) is 1.74. The zero-order chi connectivity index (χ0) is 14.9. The topological polar surface area (TPSA) is 122 Å². The first-order chi connectivity index (χ1) is 9.43. The molecule has 0 fully saturated rings. The highest BCUT2D eigenvalue weighted by Crippen LogP contribution is 2.23. The van der Waals surface area contributed by atoms with Gasteiger partial charge in [-0.05, 0) is 18.2 Å². The minimum absolute atomic E-state index is 0.117. The minimum atomic E-state index is -1.53. The van der Waals surface area contributed by atoms with E-state index in [9.17, 15) is 14.9 Å². The number of hydrogen-bond acceptors (Lipinski definition) is 5. The summed E-state index contributed by atoms with van der Waals surface area (Å²) in [6.45, 7) is 0. The van der Waals surface area contributed by atoms with Gasteiger partial charge < -0.3 is 5.11 Å². The van der Waals surface area contributed by atoms with E-state index < -0.39 is 22.3 Å². The fraction of sp³-hybridized carbons (Fsp3) is 0. The zero-order valence-corrected chi connectivity index (χ0v) is 10.4. The molecule has 2 aromatic rings. The predicted molar refractivity (Wildman–Crippen MR) is 66.9 cm³/mol. The number of benzene rings is 1. The van der Waals surface area contributed by atoms with Crippen LogP contribution in [0.4, 0.5) is 5.69 Å². The molecule has 0 radical (unpaired) electrons. The van der Waals surface area contributed by atoms with Crippen molar-refractivity contribution in [3.05, 3.63) is 50.8 Å². The van der Waals surface area contributed by atoms with Gasteiger partial charge in [-0.25, -0.2) is 9.48 Å². The maximum atomic E-state index is 10.9. The Kier molecular flexibility index (Phi) is 3.37. The zero-order valence-electron chi connectivity index (χ0n) is 9.65. The number of carboxylic acids is 1. The summed E-state index contributed by atoms with van der Waals surface area (Å²) >= 11 is 5.74. The number of rotatable bonds is 3. The van der Waals surface area contributed by atoms with Crippen LogP contribution in [0.1, 0.15) is 16.1 Å². The molecule has 0 aliphatic carbocycles. The van der Waals surface area contributed by atoms with Gasteiger partial charge in [-0.2, -0.15) is 10.4 Å². The Labute approximate surface area is 116 Å². The molecule has 1 aromatic carbocycles. The number of aromatic nitrogens is 2. The molecule has 0 saturated heterocycles. The third kappa shape index (κ3) is 2.30. The van der Waals surface area contributed by atoms with Crippen molar-refractivity contribution in [2.24, 2.45) is 0 Å². The molecule has 2 rings (SSSR count). The molecule has 1 N–H and O–H groups in total. The van der Waals surface area contributed by atoms with Crippen LogP contribution >= 0.6 is 11.6 Å². The van der Waals surface area contributed by atoms with E-state index in [0.29, 0.717) is 5.02 Å². The van der Waals surface area contributed by atoms with E-state index in [-0.39, 0.29) is 11.3 Å². The van der Waals surface area contributed by atoms with Gasteiger partial charge in [0.2, 0.25) is 5.69 Å². The lowest BCUT2D eigenvalue weighted by atomic mass is 10.2. The Bertz CT molecular complexity index is 731. The van der Waals surface area contributed by atoms with Crippen molar-refractivity contribution in [3.8, 4) is 11.8 Å². The molecule has 0 amide bonds. The lowest BCUT2D eigenvalue weighted by Crippen LogP contribution is -2.03. The predicted octanol–water partition coefficient (Wildman–Crippen LogP) is 2.00. The van der Waals surface area contributed by atoms with Gasteiger partial charge in [-0.15, -0.1) is 0 Å².